The van der Waals surface area contributed by atoms with E-state index in [1.54, 1.807) is 12.1 Å². The number of rotatable bonds is 2. The zero-order valence-corrected chi connectivity index (χ0v) is 9.06. The number of ether oxygens (including phenoxy) is 1. The average Bonchev–Trinajstić information content (AvgIpc) is 2.60. The van der Waals surface area contributed by atoms with E-state index in [0.717, 1.165) is 6.42 Å². The summed E-state index contributed by atoms with van der Waals surface area (Å²) in [6.07, 6.45) is 1.18. The van der Waals surface area contributed by atoms with Crippen LogP contribution in [0.1, 0.15) is 12.0 Å². The standard InChI is InChI=1S/C11H13ClFNO/c12-9-2-1-3-10(13)8(9)6-11(14)4-5-15-7-11/h1-3H,4-7,14H2. The lowest BCUT2D eigenvalue weighted by Crippen LogP contribution is -2.42. The Hall–Kier alpha value is -0.640. The van der Waals surface area contributed by atoms with Gasteiger partial charge in [0.1, 0.15) is 5.82 Å². The fourth-order valence-electron chi connectivity index (χ4n) is 1.82. The van der Waals surface area contributed by atoms with Crippen LogP contribution in [-0.4, -0.2) is 18.8 Å². The molecule has 0 amide bonds. The first-order chi connectivity index (χ1) is 7.11. The van der Waals surface area contributed by atoms with E-state index < -0.39 is 5.54 Å². The van der Waals surface area contributed by atoms with Crippen LogP contribution in [0.5, 0.6) is 0 Å². The normalized spacial score (nSPS) is 25.8. The van der Waals surface area contributed by atoms with Crippen LogP contribution < -0.4 is 5.73 Å². The smallest absolute Gasteiger partial charge is 0.127 e. The molecule has 1 aliphatic heterocycles. The molecule has 82 valence electrons. The molecule has 15 heavy (non-hydrogen) atoms. The van der Waals surface area contributed by atoms with E-state index in [1.165, 1.54) is 6.07 Å². The van der Waals surface area contributed by atoms with Crippen molar-refractivity contribution in [2.24, 2.45) is 5.73 Å². The quantitative estimate of drug-likeness (QED) is 0.844. The molecule has 0 aromatic heterocycles. The maximum absolute atomic E-state index is 13.5. The van der Waals surface area contributed by atoms with Crippen molar-refractivity contribution in [1.82, 2.24) is 0 Å². The van der Waals surface area contributed by atoms with E-state index >= 15 is 0 Å². The maximum atomic E-state index is 13.5. The molecule has 2 nitrogen and oxygen atoms in total. The van der Waals surface area contributed by atoms with Gasteiger partial charge in [-0.1, -0.05) is 17.7 Å². The molecule has 1 aromatic carbocycles. The molecule has 1 saturated heterocycles. The van der Waals surface area contributed by atoms with Gasteiger partial charge >= 0.3 is 0 Å². The van der Waals surface area contributed by atoms with Gasteiger partial charge in [-0.25, -0.2) is 4.39 Å². The van der Waals surface area contributed by atoms with E-state index in [4.69, 9.17) is 22.1 Å². The molecule has 0 saturated carbocycles. The molecule has 1 aliphatic rings. The first-order valence-electron chi connectivity index (χ1n) is 4.90. The summed E-state index contributed by atoms with van der Waals surface area (Å²) in [5, 5.41) is 0.437. The highest BCUT2D eigenvalue weighted by Gasteiger charge is 2.32. The Labute approximate surface area is 93.2 Å². The molecule has 1 atom stereocenters. The van der Waals surface area contributed by atoms with E-state index in [2.05, 4.69) is 0 Å². The Kier molecular flexibility index (Phi) is 2.96. The first kappa shape index (κ1) is 10.9. The molecule has 2 N–H and O–H groups in total. The van der Waals surface area contributed by atoms with Gasteiger partial charge in [0.2, 0.25) is 0 Å². The van der Waals surface area contributed by atoms with Gasteiger partial charge in [0.05, 0.1) is 6.61 Å². The van der Waals surface area contributed by atoms with Crippen molar-refractivity contribution >= 4 is 11.6 Å². The van der Waals surface area contributed by atoms with Crippen LogP contribution in [0.2, 0.25) is 5.02 Å². The van der Waals surface area contributed by atoms with Gasteiger partial charge in [-0.2, -0.15) is 0 Å². The number of benzene rings is 1. The Morgan fingerprint density at radius 2 is 2.33 bits per heavy atom. The highest BCUT2D eigenvalue weighted by atomic mass is 35.5. The molecular formula is C11H13ClFNO. The van der Waals surface area contributed by atoms with E-state index in [1.807, 2.05) is 0 Å². The van der Waals surface area contributed by atoms with Crippen molar-refractivity contribution in [1.29, 1.82) is 0 Å². The third-order valence-corrected chi connectivity index (χ3v) is 3.08. The number of nitrogens with two attached hydrogens (primary N) is 1. The molecule has 4 heteroatoms. The van der Waals surface area contributed by atoms with Crippen molar-refractivity contribution < 1.29 is 9.13 Å². The lowest BCUT2D eigenvalue weighted by molar-refractivity contribution is 0.178. The van der Waals surface area contributed by atoms with Gasteiger partial charge in [0, 0.05) is 22.7 Å². The summed E-state index contributed by atoms with van der Waals surface area (Å²) in [4.78, 5) is 0. The number of hydrogen-bond donors (Lipinski definition) is 1. The highest BCUT2D eigenvalue weighted by molar-refractivity contribution is 6.31. The Morgan fingerprint density at radius 1 is 1.53 bits per heavy atom. The highest BCUT2D eigenvalue weighted by Crippen LogP contribution is 2.27. The molecule has 1 aromatic rings. The topological polar surface area (TPSA) is 35.2 Å². The Morgan fingerprint density at radius 3 is 2.93 bits per heavy atom. The van der Waals surface area contributed by atoms with Crippen LogP contribution in [-0.2, 0) is 11.2 Å². The van der Waals surface area contributed by atoms with Gasteiger partial charge in [0.15, 0.2) is 0 Å². The van der Waals surface area contributed by atoms with Crippen molar-refractivity contribution in [3.8, 4) is 0 Å². The molecular weight excluding hydrogens is 217 g/mol. The van der Waals surface area contributed by atoms with Crippen LogP contribution in [0, 0.1) is 5.82 Å². The summed E-state index contributed by atoms with van der Waals surface area (Å²) in [5.41, 5.74) is 6.10. The lowest BCUT2D eigenvalue weighted by Gasteiger charge is -2.22. The molecule has 2 rings (SSSR count). The predicted octanol–water partition coefficient (Wildman–Crippen LogP) is 2.14. The summed E-state index contributed by atoms with van der Waals surface area (Å²) in [6, 6.07) is 4.68. The second-order valence-corrected chi connectivity index (χ2v) is 4.45. The molecule has 0 aliphatic carbocycles. The van der Waals surface area contributed by atoms with Crippen LogP contribution in [0.3, 0.4) is 0 Å². The molecule has 1 heterocycles. The Bertz CT molecular complexity index is 343. The zero-order chi connectivity index (χ0) is 10.9. The fourth-order valence-corrected chi connectivity index (χ4v) is 2.05. The van der Waals surface area contributed by atoms with Crippen LogP contribution >= 0.6 is 11.6 Å². The second kappa shape index (κ2) is 4.08. The van der Waals surface area contributed by atoms with Gasteiger partial charge in [0.25, 0.3) is 0 Å². The first-order valence-corrected chi connectivity index (χ1v) is 5.28. The van der Waals surface area contributed by atoms with Crippen molar-refractivity contribution in [2.75, 3.05) is 13.2 Å². The number of hydrogen-bond acceptors (Lipinski definition) is 2. The van der Waals surface area contributed by atoms with Gasteiger partial charge in [-0.15, -0.1) is 0 Å². The van der Waals surface area contributed by atoms with Gasteiger partial charge < -0.3 is 10.5 Å². The molecule has 0 radical (unpaired) electrons. The van der Waals surface area contributed by atoms with Crippen LogP contribution in [0.15, 0.2) is 18.2 Å². The second-order valence-electron chi connectivity index (χ2n) is 4.04. The summed E-state index contributed by atoms with van der Waals surface area (Å²) in [5.74, 6) is -0.292. The minimum absolute atomic E-state index is 0.292. The zero-order valence-electron chi connectivity index (χ0n) is 8.30. The van der Waals surface area contributed by atoms with Crippen molar-refractivity contribution in [3.05, 3.63) is 34.6 Å². The third-order valence-electron chi connectivity index (χ3n) is 2.72. The number of halogens is 2. The maximum Gasteiger partial charge on any atom is 0.127 e. The van der Waals surface area contributed by atoms with E-state index in [0.29, 0.717) is 30.2 Å². The van der Waals surface area contributed by atoms with E-state index in [9.17, 15) is 4.39 Å². The van der Waals surface area contributed by atoms with E-state index in [-0.39, 0.29) is 5.82 Å². The molecule has 1 fully saturated rings. The van der Waals surface area contributed by atoms with Crippen LogP contribution in [0.4, 0.5) is 4.39 Å². The lowest BCUT2D eigenvalue weighted by atomic mass is 9.91. The minimum Gasteiger partial charge on any atom is -0.379 e. The monoisotopic (exact) mass is 229 g/mol. The largest absolute Gasteiger partial charge is 0.379 e. The van der Waals surface area contributed by atoms with Crippen LogP contribution in [0.25, 0.3) is 0 Å². The molecule has 1 unspecified atom stereocenters. The summed E-state index contributed by atoms with van der Waals surface area (Å²) in [7, 11) is 0. The van der Waals surface area contributed by atoms with Gasteiger partial charge in [-0.3, -0.25) is 0 Å². The van der Waals surface area contributed by atoms with Crippen molar-refractivity contribution in [2.45, 2.75) is 18.4 Å². The predicted molar refractivity (Wildman–Crippen MR) is 57.5 cm³/mol. The third kappa shape index (κ3) is 2.30. The summed E-state index contributed by atoms with van der Waals surface area (Å²) < 4.78 is 18.7. The summed E-state index contributed by atoms with van der Waals surface area (Å²) >= 11 is 5.93. The Balaban J connectivity index is 2.23. The molecule has 0 bridgehead atoms. The fraction of sp³-hybridized carbons (Fsp3) is 0.455. The minimum atomic E-state index is -0.466. The molecule has 0 spiro atoms. The summed E-state index contributed by atoms with van der Waals surface area (Å²) in [6.45, 7) is 1.11. The van der Waals surface area contributed by atoms with Gasteiger partial charge in [-0.05, 0) is 25.0 Å². The van der Waals surface area contributed by atoms with Crippen molar-refractivity contribution in [3.63, 3.8) is 0 Å². The SMILES string of the molecule is NC1(Cc2c(F)cccc2Cl)CCOC1. The average molecular weight is 230 g/mol.